The van der Waals surface area contributed by atoms with E-state index in [1.54, 1.807) is 0 Å². The highest BCUT2D eigenvalue weighted by Gasteiger charge is 2.25. The lowest BCUT2D eigenvalue weighted by atomic mass is 10.1. The monoisotopic (exact) mass is 481 g/mol. The van der Waals surface area contributed by atoms with E-state index < -0.39 is 0 Å². The number of nitrogens with zero attached hydrogens (tertiary/aromatic N) is 3. The summed E-state index contributed by atoms with van der Waals surface area (Å²) in [4.78, 5) is 20.3. The van der Waals surface area contributed by atoms with E-state index in [1.165, 1.54) is 6.42 Å². The Morgan fingerprint density at radius 1 is 1.29 bits per heavy atom. The van der Waals surface area contributed by atoms with Crippen molar-refractivity contribution >= 4 is 28.4 Å². The lowest BCUT2D eigenvalue weighted by Crippen LogP contribution is -2.43. The number of fused-ring (bicyclic) bond motifs is 1. The molecule has 0 bridgehead atoms. The quantitative estimate of drug-likeness (QED) is 0.540. The molecule has 180 valence electrons. The van der Waals surface area contributed by atoms with Crippen molar-refractivity contribution in [2.75, 3.05) is 39.4 Å². The van der Waals surface area contributed by atoms with Crippen molar-refractivity contribution in [3.63, 3.8) is 0 Å². The molecule has 2 aliphatic heterocycles. The number of aryl methyl sites for hydroxylation is 1. The standard InChI is InChI=1S/C26H32ClN5O2/c1-18-7-8-19(14-29-18)24(31-10-12-34-13-11-31)15-30-26(33)21-17-32(16-20-4-3-9-28-20)23-6-2-5-22(27)25(21)23/h2,5-8,14,17,20,24,28H,3-4,9-13,15-16H2,1H3,(H,30,33)/t20-,24?/m0/s1. The van der Waals surface area contributed by atoms with Gasteiger partial charge in [-0.25, -0.2) is 0 Å². The lowest BCUT2D eigenvalue weighted by molar-refractivity contribution is 0.0161. The van der Waals surface area contributed by atoms with Gasteiger partial charge in [0.1, 0.15) is 0 Å². The van der Waals surface area contributed by atoms with Crippen molar-refractivity contribution in [1.82, 2.24) is 25.1 Å². The second-order valence-corrected chi connectivity index (χ2v) is 9.64. The second-order valence-electron chi connectivity index (χ2n) is 9.23. The zero-order chi connectivity index (χ0) is 23.5. The Hall–Kier alpha value is -2.45. The van der Waals surface area contributed by atoms with Gasteiger partial charge in [0, 0.05) is 55.7 Å². The molecule has 2 aliphatic rings. The van der Waals surface area contributed by atoms with Crippen molar-refractivity contribution in [2.45, 2.75) is 38.4 Å². The Labute approximate surface area is 205 Å². The Kier molecular flexibility index (Phi) is 7.15. The van der Waals surface area contributed by atoms with Gasteiger partial charge in [-0.15, -0.1) is 0 Å². The number of hydrogen-bond donors (Lipinski definition) is 2. The van der Waals surface area contributed by atoms with Crippen LogP contribution in [0.4, 0.5) is 0 Å². The van der Waals surface area contributed by atoms with Crippen LogP contribution in [0.25, 0.3) is 10.9 Å². The van der Waals surface area contributed by atoms with E-state index in [-0.39, 0.29) is 11.9 Å². The highest BCUT2D eigenvalue weighted by molar-refractivity contribution is 6.36. The largest absolute Gasteiger partial charge is 0.379 e. The van der Waals surface area contributed by atoms with E-state index in [0.717, 1.165) is 54.8 Å². The molecule has 3 aromatic rings. The van der Waals surface area contributed by atoms with Crippen molar-refractivity contribution in [1.29, 1.82) is 0 Å². The summed E-state index contributed by atoms with van der Waals surface area (Å²) >= 11 is 6.59. The van der Waals surface area contributed by atoms with E-state index >= 15 is 0 Å². The molecule has 2 saturated heterocycles. The topological polar surface area (TPSA) is 71.4 Å². The van der Waals surface area contributed by atoms with Gasteiger partial charge in [0.15, 0.2) is 0 Å². The molecular formula is C26H32ClN5O2. The summed E-state index contributed by atoms with van der Waals surface area (Å²) in [5, 5.41) is 8.17. The number of carbonyl (C=O) groups is 1. The summed E-state index contributed by atoms with van der Waals surface area (Å²) in [6.45, 7) is 7.40. The first-order chi connectivity index (χ1) is 16.6. The van der Waals surface area contributed by atoms with Gasteiger partial charge in [-0.05, 0) is 50.1 Å². The third-order valence-electron chi connectivity index (χ3n) is 6.94. The SMILES string of the molecule is Cc1ccc(C(CNC(=O)c2cn(C[C@@H]3CCCN3)c3cccc(Cl)c23)N2CCOCC2)cn1. The molecule has 1 aromatic carbocycles. The first-order valence-electron chi connectivity index (χ1n) is 12.1. The van der Waals surface area contributed by atoms with Gasteiger partial charge in [0.05, 0.1) is 35.4 Å². The van der Waals surface area contributed by atoms with Crippen molar-refractivity contribution in [2.24, 2.45) is 0 Å². The number of amides is 1. The zero-order valence-electron chi connectivity index (χ0n) is 19.6. The molecule has 0 aliphatic carbocycles. The summed E-state index contributed by atoms with van der Waals surface area (Å²) in [5.74, 6) is -0.102. The minimum Gasteiger partial charge on any atom is -0.379 e. The molecule has 5 rings (SSSR count). The summed E-state index contributed by atoms with van der Waals surface area (Å²) in [5.41, 5.74) is 3.70. The van der Waals surface area contributed by atoms with E-state index in [1.807, 2.05) is 43.6 Å². The van der Waals surface area contributed by atoms with Crippen LogP contribution in [0.1, 0.15) is 40.5 Å². The molecule has 1 amide bonds. The van der Waals surface area contributed by atoms with Gasteiger partial charge in [-0.2, -0.15) is 0 Å². The Balaban J connectivity index is 1.39. The van der Waals surface area contributed by atoms with Gasteiger partial charge < -0.3 is 19.9 Å². The predicted octanol–water partition coefficient (Wildman–Crippen LogP) is 3.55. The summed E-state index contributed by atoms with van der Waals surface area (Å²) in [6.07, 6.45) is 6.21. The number of aromatic nitrogens is 2. The second kappa shape index (κ2) is 10.4. The van der Waals surface area contributed by atoms with E-state index in [4.69, 9.17) is 16.3 Å². The van der Waals surface area contributed by atoms with Crippen LogP contribution in [0.2, 0.25) is 5.02 Å². The van der Waals surface area contributed by atoms with Gasteiger partial charge in [0.2, 0.25) is 0 Å². The molecule has 34 heavy (non-hydrogen) atoms. The smallest absolute Gasteiger partial charge is 0.253 e. The van der Waals surface area contributed by atoms with Crippen LogP contribution >= 0.6 is 11.6 Å². The zero-order valence-corrected chi connectivity index (χ0v) is 20.4. The van der Waals surface area contributed by atoms with Crippen LogP contribution in [0.3, 0.4) is 0 Å². The maximum absolute atomic E-state index is 13.5. The summed E-state index contributed by atoms with van der Waals surface area (Å²) < 4.78 is 7.72. The van der Waals surface area contributed by atoms with Gasteiger partial charge in [0.25, 0.3) is 5.91 Å². The molecule has 1 unspecified atom stereocenters. The average molecular weight is 482 g/mol. The fraction of sp³-hybridized carbons (Fsp3) is 0.462. The van der Waals surface area contributed by atoms with Crippen LogP contribution in [-0.2, 0) is 11.3 Å². The predicted molar refractivity (Wildman–Crippen MR) is 134 cm³/mol. The number of ether oxygens (including phenoxy) is 1. The molecule has 0 saturated carbocycles. The van der Waals surface area contributed by atoms with E-state index in [0.29, 0.717) is 36.4 Å². The molecule has 0 radical (unpaired) electrons. The van der Waals surface area contributed by atoms with Crippen LogP contribution in [-0.4, -0.2) is 65.8 Å². The molecular weight excluding hydrogens is 450 g/mol. The average Bonchev–Trinajstić information content (AvgIpc) is 3.50. The lowest BCUT2D eigenvalue weighted by Gasteiger charge is -2.34. The molecule has 2 fully saturated rings. The Bertz CT molecular complexity index is 1130. The minimum atomic E-state index is -0.102. The number of pyridine rings is 1. The summed E-state index contributed by atoms with van der Waals surface area (Å²) in [7, 11) is 0. The molecule has 8 heteroatoms. The van der Waals surface area contributed by atoms with E-state index in [2.05, 4.69) is 31.2 Å². The Morgan fingerprint density at radius 2 is 2.15 bits per heavy atom. The van der Waals surface area contributed by atoms with Crippen LogP contribution in [0, 0.1) is 6.92 Å². The Morgan fingerprint density at radius 3 is 2.88 bits per heavy atom. The maximum Gasteiger partial charge on any atom is 0.253 e. The van der Waals surface area contributed by atoms with Crippen LogP contribution in [0.5, 0.6) is 0 Å². The first kappa shape index (κ1) is 23.3. The molecule has 2 aromatic heterocycles. The number of morpholine rings is 1. The highest BCUT2D eigenvalue weighted by Crippen LogP contribution is 2.30. The third-order valence-corrected chi connectivity index (χ3v) is 7.26. The third kappa shape index (κ3) is 4.98. The first-order valence-corrected chi connectivity index (χ1v) is 12.5. The van der Waals surface area contributed by atoms with Crippen molar-refractivity contribution < 1.29 is 9.53 Å². The van der Waals surface area contributed by atoms with E-state index in [9.17, 15) is 4.79 Å². The number of nitrogens with one attached hydrogen (secondary N) is 2. The van der Waals surface area contributed by atoms with Gasteiger partial charge >= 0.3 is 0 Å². The van der Waals surface area contributed by atoms with Gasteiger partial charge in [-0.1, -0.05) is 23.7 Å². The summed E-state index contributed by atoms with van der Waals surface area (Å²) in [6, 6.07) is 10.4. The highest BCUT2D eigenvalue weighted by atomic mass is 35.5. The number of carbonyl (C=O) groups excluding carboxylic acids is 1. The van der Waals surface area contributed by atoms with Crippen molar-refractivity contribution in [3.05, 3.63) is 64.6 Å². The molecule has 4 heterocycles. The fourth-order valence-electron chi connectivity index (χ4n) is 5.09. The fourth-order valence-corrected chi connectivity index (χ4v) is 5.36. The number of hydrogen-bond acceptors (Lipinski definition) is 5. The van der Waals surface area contributed by atoms with Crippen LogP contribution in [0.15, 0.2) is 42.7 Å². The molecule has 2 N–H and O–H groups in total. The number of halogens is 1. The van der Waals surface area contributed by atoms with Crippen LogP contribution < -0.4 is 10.6 Å². The number of benzene rings is 1. The number of rotatable bonds is 7. The molecule has 7 nitrogen and oxygen atoms in total. The maximum atomic E-state index is 13.5. The molecule has 2 atom stereocenters. The van der Waals surface area contributed by atoms with Gasteiger partial charge in [-0.3, -0.25) is 14.7 Å². The normalized spacial score (nSPS) is 20.0. The molecule has 0 spiro atoms. The minimum absolute atomic E-state index is 0.0347. The van der Waals surface area contributed by atoms with Crippen molar-refractivity contribution in [3.8, 4) is 0 Å².